The van der Waals surface area contributed by atoms with E-state index in [9.17, 15) is 4.79 Å². The van der Waals surface area contributed by atoms with Gasteiger partial charge in [-0.1, -0.05) is 0 Å². The topological polar surface area (TPSA) is 75.5 Å². The molecule has 2 rings (SSSR count). The van der Waals surface area contributed by atoms with Gasteiger partial charge in [-0.15, -0.1) is 0 Å². The summed E-state index contributed by atoms with van der Waals surface area (Å²) in [4.78, 5) is 16.6. The fourth-order valence-corrected chi connectivity index (χ4v) is 1.84. The lowest BCUT2D eigenvalue weighted by molar-refractivity contribution is -0.150. The van der Waals surface area contributed by atoms with Crippen LogP contribution in [0.4, 0.5) is 5.13 Å². The quantitative estimate of drug-likeness (QED) is 0.738. The molecule has 1 N–H and O–H groups in total. The van der Waals surface area contributed by atoms with Crippen LogP contribution >= 0.6 is 11.5 Å². The van der Waals surface area contributed by atoms with Gasteiger partial charge < -0.3 is 14.7 Å². The number of aliphatic carboxylic acids is 1. The minimum absolute atomic E-state index is 0.338. The van der Waals surface area contributed by atoms with Crippen LogP contribution in [0.3, 0.4) is 0 Å². The van der Waals surface area contributed by atoms with Crippen LogP contribution in [0.5, 0.6) is 0 Å². The number of carboxylic acid groups (broad SMARTS) is 1. The summed E-state index contributed by atoms with van der Waals surface area (Å²) in [6, 6.07) is 0. The van der Waals surface area contributed by atoms with E-state index in [4.69, 9.17) is 9.84 Å². The van der Waals surface area contributed by atoms with Crippen LogP contribution in [-0.2, 0) is 9.53 Å². The second-order valence-electron chi connectivity index (χ2n) is 2.87. The Morgan fingerprint density at radius 3 is 3.29 bits per heavy atom. The molecule has 1 aromatic heterocycles. The highest BCUT2D eigenvalue weighted by Gasteiger charge is 2.27. The molecule has 2 heterocycles. The maximum atomic E-state index is 10.7. The highest BCUT2D eigenvalue weighted by Crippen LogP contribution is 2.17. The molecule has 1 fully saturated rings. The molecule has 1 aromatic rings. The molecular weight excluding hydrogens is 206 g/mol. The second-order valence-corrected chi connectivity index (χ2v) is 3.63. The summed E-state index contributed by atoms with van der Waals surface area (Å²) >= 11 is 1.26. The van der Waals surface area contributed by atoms with Crippen molar-refractivity contribution < 1.29 is 14.6 Å². The van der Waals surface area contributed by atoms with Gasteiger partial charge >= 0.3 is 5.97 Å². The Hall–Kier alpha value is -1.21. The number of aromatic nitrogens is 2. The van der Waals surface area contributed by atoms with Gasteiger partial charge in [0, 0.05) is 18.1 Å². The molecule has 0 spiro atoms. The van der Waals surface area contributed by atoms with Crippen molar-refractivity contribution in [2.45, 2.75) is 6.10 Å². The minimum atomic E-state index is -0.931. The number of nitrogens with zero attached hydrogens (tertiary/aromatic N) is 3. The summed E-state index contributed by atoms with van der Waals surface area (Å²) in [5, 5.41) is 9.52. The van der Waals surface area contributed by atoms with Crippen LogP contribution in [0.25, 0.3) is 0 Å². The van der Waals surface area contributed by atoms with Crippen molar-refractivity contribution in [2.75, 3.05) is 24.6 Å². The van der Waals surface area contributed by atoms with Gasteiger partial charge in [-0.3, -0.25) is 0 Å². The van der Waals surface area contributed by atoms with E-state index >= 15 is 0 Å². The van der Waals surface area contributed by atoms with Gasteiger partial charge in [-0.25, -0.2) is 9.78 Å². The highest BCUT2D eigenvalue weighted by molar-refractivity contribution is 7.09. The average Bonchev–Trinajstić information content (AvgIpc) is 2.71. The predicted octanol–water partition coefficient (Wildman–Crippen LogP) is -0.172. The first-order valence-corrected chi connectivity index (χ1v) is 4.91. The molecule has 76 valence electrons. The van der Waals surface area contributed by atoms with Gasteiger partial charge in [-0.05, 0) is 0 Å². The Kier molecular flexibility index (Phi) is 2.60. The summed E-state index contributed by atoms with van der Waals surface area (Å²) in [7, 11) is 0. The van der Waals surface area contributed by atoms with E-state index in [1.54, 1.807) is 0 Å². The number of ether oxygens (including phenoxy) is 1. The number of anilines is 1. The molecular formula is C7H9N3O3S. The molecule has 0 radical (unpaired) electrons. The molecule has 0 bridgehead atoms. The fraction of sp³-hybridized carbons (Fsp3) is 0.571. The van der Waals surface area contributed by atoms with Gasteiger partial charge in [0.2, 0.25) is 5.13 Å². The zero-order valence-corrected chi connectivity index (χ0v) is 8.11. The highest BCUT2D eigenvalue weighted by atomic mass is 32.1. The molecule has 0 amide bonds. The Morgan fingerprint density at radius 1 is 1.79 bits per heavy atom. The lowest BCUT2D eigenvalue weighted by Gasteiger charge is -2.29. The zero-order valence-electron chi connectivity index (χ0n) is 7.29. The smallest absolute Gasteiger partial charge is 0.334 e. The summed E-state index contributed by atoms with van der Waals surface area (Å²) in [5.74, 6) is -0.931. The molecule has 0 saturated carbocycles. The molecule has 7 heteroatoms. The summed E-state index contributed by atoms with van der Waals surface area (Å²) < 4.78 is 8.95. The van der Waals surface area contributed by atoms with Crippen molar-refractivity contribution >= 4 is 22.6 Å². The Labute approximate surface area is 84.3 Å². The normalized spacial score (nSPS) is 22.3. The van der Waals surface area contributed by atoms with Gasteiger partial charge in [0.25, 0.3) is 0 Å². The number of hydrogen-bond donors (Lipinski definition) is 1. The molecule has 1 unspecified atom stereocenters. The molecule has 1 atom stereocenters. The Balaban J connectivity index is 2.04. The van der Waals surface area contributed by atoms with E-state index in [2.05, 4.69) is 9.36 Å². The van der Waals surface area contributed by atoms with Crippen LogP contribution < -0.4 is 4.90 Å². The van der Waals surface area contributed by atoms with E-state index in [0.29, 0.717) is 19.7 Å². The summed E-state index contributed by atoms with van der Waals surface area (Å²) in [6.07, 6.45) is 0.707. The summed E-state index contributed by atoms with van der Waals surface area (Å²) in [6.45, 7) is 1.42. The Morgan fingerprint density at radius 2 is 2.64 bits per heavy atom. The summed E-state index contributed by atoms with van der Waals surface area (Å²) in [5.41, 5.74) is 0. The van der Waals surface area contributed by atoms with Crippen LogP contribution in [0.2, 0.25) is 0 Å². The third-order valence-electron chi connectivity index (χ3n) is 1.96. The predicted molar refractivity (Wildman–Crippen MR) is 49.5 cm³/mol. The monoisotopic (exact) mass is 215 g/mol. The standard InChI is InChI=1S/C7H9N3O3S/c11-6(12)5-3-10(1-2-13-5)7-8-4-9-14-7/h4-5H,1-3H2,(H,11,12). The molecule has 6 nitrogen and oxygen atoms in total. The van der Waals surface area contributed by atoms with E-state index in [-0.39, 0.29) is 0 Å². The molecule has 1 aliphatic rings. The second kappa shape index (κ2) is 3.89. The minimum Gasteiger partial charge on any atom is -0.479 e. The van der Waals surface area contributed by atoms with Crippen LogP contribution in [0.1, 0.15) is 0 Å². The van der Waals surface area contributed by atoms with Crippen molar-refractivity contribution in [1.82, 2.24) is 9.36 Å². The van der Waals surface area contributed by atoms with Crippen LogP contribution in [-0.4, -0.2) is 46.2 Å². The number of rotatable bonds is 2. The number of morpholine rings is 1. The first-order valence-electron chi connectivity index (χ1n) is 4.13. The van der Waals surface area contributed by atoms with Crippen molar-refractivity contribution in [1.29, 1.82) is 0 Å². The van der Waals surface area contributed by atoms with Gasteiger partial charge in [0.05, 0.1) is 13.2 Å². The maximum absolute atomic E-state index is 10.7. The van der Waals surface area contributed by atoms with Crippen molar-refractivity contribution in [3.05, 3.63) is 6.33 Å². The molecule has 1 aliphatic heterocycles. The third-order valence-corrected chi connectivity index (χ3v) is 2.69. The zero-order chi connectivity index (χ0) is 9.97. The maximum Gasteiger partial charge on any atom is 0.334 e. The molecule has 14 heavy (non-hydrogen) atoms. The molecule has 1 saturated heterocycles. The number of carboxylic acids is 1. The fourth-order valence-electron chi connectivity index (χ4n) is 1.28. The lowest BCUT2D eigenvalue weighted by atomic mass is 10.3. The molecule has 0 aromatic carbocycles. The van der Waals surface area contributed by atoms with Crippen molar-refractivity contribution in [3.63, 3.8) is 0 Å². The number of carbonyl (C=O) groups is 1. The van der Waals surface area contributed by atoms with Crippen molar-refractivity contribution in [3.8, 4) is 0 Å². The van der Waals surface area contributed by atoms with E-state index < -0.39 is 12.1 Å². The Bertz CT molecular complexity index is 316. The first-order chi connectivity index (χ1) is 6.77. The van der Waals surface area contributed by atoms with Gasteiger partial charge in [0.1, 0.15) is 6.33 Å². The van der Waals surface area contributed by atoms with E-state index in [1.807, 2.05) is 4.90 Å². The van der Waals surface area contributed by atoms with Crippen molar-refractivity contribution in [2.24, 2.45) is 0 Å². The SMILES string of the molecule is O=C(O)C1CN(c2ncns2)CCO1. The average molecular weight is 215 g/mol. The molecule has 0 aliphatic carbocycles. The van der Waals surface area contributed by atoms with Crippen LogP contribution in [0, 0.1) is 0 Å². The third kappa shape index (κ3) is 1.83. The van der Waals surface area contributed by atoms with E-state index in [1.165, 1.54) is 17.9 Å². The lowest BCUT2D eigenvalue weighted by Crippen LogP contribution is -2.46. The van der Waals surface area contributed by atoms with E-state index in [0.717, 1.165) is 5.13 Å². The van der Waals surface area contributed by atoms with Crippen LogP contribution in [0.15, 0.2) is 6.33 Å². The first kappa shape index (κ1) is 9.35. The van der Waals surface area contributed by atoms with Gasteiger partial charge in [-0.2, -0.15) is 4.37 Å². The van der Waals surface area contributed by atoms with Gasteiger partial charge in [0.15, 0.2) is 6.10 Å². The number of hydrogen-bond acceptors (Lipinski definition) is 6. The largest absolute Gasteiger partial charge is 0.479 e.